The lowest BCUT2D eigenvalue weighted by molar-refractivity contribution is 0.624. The van der Waals surface area contributed by atoms with Gasteiger partial charge in [0.25, 0.3) is 0 Å². The number of aromatic nitrogens is 2. The van der Waals surface area contributed by atoms with Gasteiger partial charge in [-0.25, -0.2) is 4.39 Å². The summed E-state index contributed by atoms with van der Waals surface area (Å²) in [5.74, 6) is -0.242. The molecule has 3 aromatic rings. The van der Waals surface area contributed by atoms with Crippen molar-refractivity contribution in [2.45, 2.75) is 6.54 Å². The highest BCUT2D eigenvalue weighted by Crippen LogP contribution is 2.26. The van der Waals surface area contributed by atoms with Crippen molar-refractivity contribution in [3.8, 4) is 11.3 Å². The molecule has 0 unspecified atom stereocenters. The first-order valence-electron chi connectivity index (χ1n) is 6.45. The molecule has 0 radical (unpaired) electrons. The second-order valence-electron chi connectivity index (χ2n) is 4.77. The summed E-state index contributed by atoms with van der Waals surface area (Å²) in [4.78, 5) is 0. The Hall–Kier alpha value is -2.14. The smallest absolute Gasteiger partial charge is 0.123 e. The van der Waals surface area contributed by atoms with E-state index in [2.05, 4.69) is 21.0 Å². The van der Waals surface area contributed by atoms with Crippen molar-refractivity contribution in [2.75, 3.05) is 5.73 Å². The Morgan fingerprint density at radius 1 is 1.14 bits per heavy atom. The average Bonchev–Trinajstić information content (AvgIpc) is 2.82. The molecule has 0 amide bonds. The number of rotatable bonds is 3. The Bertz CT molecular complexity index is 765. The molecular formula is C16H13BrFN3. The van der Waals surface area contributed by atoms with Crippen LogP contribution in [0.4, 0.5) is 10.1 Å². The van der Waals surface area contributed by atoms with Gasteiger partial charge in [0.2, 0.25) is 0 Å². The highest BCUT2D eigenvalue weighted by atomic mass is 79.9. The van der Waals surface area contributed by atoms with Crippen molar-refractivity contribution >= 4 is 21.6 Å². The monoisotopic (exact) mass is 345 g/mol. The van der Waals surface area contributed by atoms with Crippen molar-refractivity contribution in [3.63, 3.8) is 0 Å². The normalized spacial score (nSPS) is 10.8. The van der Waals surface area contributed by atoms with Gasteiger partial charge in [-0.05, 0) is 29.8 Å². The number of hydrogen-bond donors (Lipinski definition) is 1. The van der Waals surface area contributed by atoms with Crippen LogP contribution in [0.5, 0.6) is 0 Å². The zero-order valence-corrected chi connectivity index (χ0v) is 12.7. The maximum Gasteiger partial charge on any atom is 0.123 e. The van der Waals surface area contributed by atoms with Gasteiger partial charge in [0.1, 0.15) is 11.5 Å². The van der Waals surface area contributed by atoms with E-state index in [9.17, 15) is 4.39 Å². The molecule has 2 N–H and O–H groups in total. The van der Waals surface area contributed by atoms with Crippen LogP contribution in [0.25, 0.3) is 11.3 Å². The fourth-order valence-electron chi connectivity index (χ4n) is 2.15. The minimum absolute atomic E-state index is 0.242. The fraction of sp³-hybridized carbons (Fsp3) is 0.0625. The van der Waals surface area contributed by atoms with E-state index >= 15 is 0 Å². The van der Waals surface area contributed by atoms with E-state index in [0.29, 0.717) is 12.2 Å². The Labute approximate surface area is 130 Å². The standard InChI is InChI=1S/C16H13BrFN3/c17-13-3-1-2-12(8-13)16-15(19)10-21(20-16)9-11-4-6-14(18)7-5-11/h1-8,10H,9,19H2. The van der Waals surface area contributed by atoms with Gasteiger partial charge in [-0.3, -0.25) is 4.68 Å². The summed E-state index contributed by atoms with van der Waals surface area (Å²) < 4.78 is 15.6. The molecule has 0 aliphatic heterocycles. The van der Waals surface area contributed by atoms with Gasteiger partial charge < -0.3 is 5.73 Å². The Morgan fingerprint density at radius 3 is 2.62 bits per heavy atom. The molecule has 3 rings (SSSR count). The minimum Gasteiger partial charge on any atom is -0.396 e. The molecule has 1 heterocycles. The van der Waals surface area contributed by atoms with Crippen LogP contribution in [0.15, 0.2) is 59.2 Å². The van der Waals surface area contributed by atoms with Crippen molar-refractivity contribution in [1.29, 1.82) is 0 Å². The number of hydrogen-bond acceptors (Lipinski definition) is 2. The first-order valence-corrected chi connectivity index (χ1v) is 7.24. The number of nitrogens with zero attached hydrogens (tertiary/aromatic N) is 2. The van der Waals surface area contributed by atoms with Crippen LogP contribution in [-0.2, 0) is 6.54 Å². The first kappa shape index (κ1) is 13.8. The van der Waals surface area contributed by atoms with E-state index in [4.69, 9.17) is 5.73 Å². The quantitative estimate of drug-likeness (QED) is 0.777. The van der Waals surface area contributed by atoms with Crippen LogP contribution in [0.3, 0.4) is 0 Å². The van der Waals surface area contributed by atoms with E-state index in [0.717, 1.165) is 21.3 Å². The summed E-state index contributed by atoms with van der Waals surface area (Å²) in [6.07, 6.45) is 1.79. The van der Waals surface area contributed by atoms with Crippen molar-refractivity contribution in [1.82, 2.24) is 9.78 Å². The number of halogens is 2. The average molecular weight is 346 g/mol. The van der Waals surface area contributed by atoms with Crippen LogP contribution < -0.4 is 5.73 Å². The molecule has 0 saturated heterocycles. The molecule has 0 bridgehead atoms. The molecule has 1 aromatic heterocycles. The van der Waals surface area contributed by atoms with Gasteiger partial charge in [0.15, 0.2) is 0 Å². The van der Waals surface area contributed by atoms with Gasteiger partial charge in [-0.2, -0.15) is 5.10 Å². The highest BCUT2D eigenvalue weighted by Gasteiger charge is 2.09. The number of benzene rings is 2. The van der Waals surface area contributed by atoms with Gasteiger partial charge in [-0.15, -0.1) is 0 Å². The summed E-state index contributed by atoms with van der Waals surface area (Å²) in [7, 11) is 0. The lowest BCUT2D eigenvalue weighted by Crippen LogP contribution is -2.00. The lowest BCUT2D eigenvalue weighted by atomic mass is 10.1. The zero-order chi connectivity index (χ0) is 14.8. The lowest BCUT2D eigenvalue weighted by Gasteiger charge is -2.02. The van der Waals surface area contributed by atoms with Crippen molar-refractivity contribution < 1.29 is 4.39 Å². The van der Waals surface area contributed by atoms with Gasteiger partial charge in [-0.1, -0.05) is 40.2 Å². The molecule has 0 spiro atoms. The van der Waals surface area contributed by atoms with Gasteiger partial charge in [0, 0.05) is 16.2 Å². The Morgan fingerprint density at radius 2 is 1.90 bits per heavy atom. The molecule has 106 valence electrons. The Balaban J connectivity index is 1.89. The molecule has 0 saturated carbocycles. The predicted octanol–water partition coefficient (Wildman–Crippen LogP) is 4.08. The summed E-state index contributed by atoms with van der Waals surface area (Å²) in [5.41, 5.74) is 9.34. The number of nitrogen functional groups attached to an aromatic ring is 1. The van der Waals surface area contributed by atoms with Crippen molar-refractivity contribution in [3.05, 3.63) is 70.6 Å². The molecule has 5 heteroatoms. The molecule has 0 fully saturated rings. The maximum absolute atomic E-state index is 12.9. The summed E-state index contributed by atoms with van der Waals surface area (Å²) >= 11 is 3.44. The van der Waals surface area contributed by atoms with E-state index in [-0.39, 0.29) is 5.82 Å². The highest BCUT2D eigenvalue weighted by molar-refractivity contribution is 9.10. The van der Waals surface area contributed by atoms with Crippen LogP contribution in [0.1, 0.15) is 5.56 Å². The summed E-state index contributed by atoms with van der Waals surface area (Å²) in [6.45, 7) is 0.554. The van der Waals surface area contributed by atoms with E-state index in [1.807, 2.05) is 24.3 Å². The van der Waals surface area contributed by atoms with E-state index < -0.39 is 0 Å². The molecule has 0 aliphatic rings. The minimum atomic E-state index is -0.242. The Kier molecular flexibility index (Phi) is 3.75. The topological polar surface area (TPSA) is 43.8 Å². The zero-order valence-electron chi connectivity index (χ0n) is 11.1. The van der Waals surface area contributed by atoms with Gasteiger partial charge >= 0.3 is 0 Å². The van der Waals surface area contributed by atoms with Crippen LogP contribution in [0.2, 0.25) is 0 Å². The van der Waals surface area contributed by atoms with E-state index in [1.54, 1.807) is 23.0 Å². The molecule has 3 nitrogen and oxygen atoms in total. The first-order chi connectivity index (χ1) is 10.1. The molecule has 0 aliphatic carbocycles. The SMILES string of the molecule is Nc1cn(Cc2ccc(F)cc2)nc1-c1cccc(Br)c1. The van der Waals surface area contributed by atoms with Crippen LogP contribution >= 0.6 is 15.9 Å². The van der Waals surface area contributed by atoms with Crippen molar-refractivity contribution in [2.24, 2.45) is 0 Å². The second kappa shape index (κ2) is 5.69. The van der Waals surface area contributed by atoms with Crippen LogP contribution in [0, 0.1) is 5.82 Å². The third-order valence-electron chi connectivity index (χ3n) is 3.15. The molecule has 21 heavy (non-hydrogen) atoms. The maximum atomic E-state index is 12.9. The molecular weight excluding hydrogens is 333 g/mol. The number of nitrogens with two attached hydrogens (primary N) is 1. The second-order valence-corrected chi connectivity index (χ2v) is 5.68. The molecule has 0 atom stereocenters. The summed E-state index contributed by atoms with van der Waals surface area (Å²) in [5, 5.41) is 4.52. The third-order valence-corrected chi connectivity index (χ3v) is 3.64. The van der Waals surface area contributed by atoms with Crippen LogP contribution in [-0.4, -0.2) is 9.78 Å². The fourth-order valence-corrected chi connectivity index (χ4v) is 2.55. The largest absolute Gasteiger partial charge is 0.396 e. The predicted molar refractivity (Wildman–Crippen MR) is 85.3 cm³/mol. The molecule has 2 aromatic carbocycles. The third kappa shape index (κ3) is 3.13. The van der Waals surface area contributed by atoms with Gasteiger partial charge in [0.05, 0.1) is 12.2 Å². The summed E-state index contributed by atoms with van der Waals surface area (Å²) in [6, 6.07) is 14.2. The van der Waals surface area contributed by atoms with E-state index in [1.165, 1.54) is 12.1 Å². The number of anilines is 1.